The van der Waals surface area contributed by atoms with E-state index in [0.29, 0.717) is 169 Å². The molecule has 6 aliphatic heterocycles. The molecule has 2 aliphatic carbocycles. The average molecular weight is 1890 g/mol. The molecule has 1 unspecified atom stereocenters. The second kappa shape index (κ2) is 40.1. The number of hydrogen-bond donors (Lipinski definition) is 7. The van der Waals surface area contributed by atoms with Gasteiger partial charge in [0.1, 0.15) is 24.3 Å². The van der Waals surface area contributed by atoms with Gasteiger partial charge >= 0.3 is 47.8 Å². The van der Waals surface area contributed by atoms with E-state index in [1.807, 2.05) is 127 Å². The Kier molecular flexibility index (Phi) is 28.1. The van der Waals surface area contributed by atoms with Crippen LogP contribution in [0.4, 0.5) is 11.8 Å². The fourth-order valence-corrected chi connectivity index (χ4v) is 19.5. The summed E-state index contributed by atoms with van der Waals surface area (Å²) in [6, 6.07) is 26.1. The smallest absolute Gasteiger partial charge is 0.334 e. The van der Waals surface area contributed by atoms with Gasteiger partial charge in [-0.25, -0.2) is 24.5 Å². The molecule has 1 saturated heterocycles. The number of aromatic nitrogens is 10. The number of methoxy groups -OCH3 is 8. The van der Waals surface area contributed by atoms with Gasteiger partial charge in [0.2, 0.25) is 12.1 Å². The number of carboxylic acid groups (broad SMARTS) is 2. The van der Waals surface area contributed by atoms with Crippen molar-refractivity contribution in [3.8, 4) is 23.0 Å². The van der Waals surface area contributed by atoms with Gasteiger partial charge in [0.25, 0.3) is 5.91 Å². The third-order valence-electron chi connectivity index (χ3n) is 27.3. The molecule has 0 saturated carbocycles. The zero-order valence-corrected chi connectivity index (χ0v) is 80.2. The first-order valence-electron chi connectivity index (χ1n) is 45.1. The van der Waals surface area contributed by atoms with Crippen molar-refractivity contribution >= 4 is 154 Å². The predicted octanol–water partition coefficient (Wildman–Crippen LogP) is 14.5. The molecule has 139 heavy (non-hydrogen) atoms. The molecule has 8 N–H and O–H groups in total. The molecular formula is C105H109N13O21. The van der Waals surface area contributed by atoms with Crippen molar-refractivity contribution < 1.29 is 101 Å². The van der Waals surface area contributed by atoms with E-state index in [2.05, 4.69) is 43.1 Å². The number of aryl methyl sites for hydroxylation is 8. The Morgan fingerprint density at radius 1 is 0.468 bits per heavy atom. The van der Waals surface area contributed by atoms with Crippen molar-refractivity contribution in [1.82, 2.24) is 54.7 Å². The molecule has 34 heteroatoms. The number of anilines is 2. The summed E-state index contributed by atoms with van der Waals surface area (Å²) in [5, 5.41) is 20.0. The molecule has 9 aromatic rings. The quantitative estimate of drug-likeness (QED) is 0.0245. The third-order valence-corrected chi connectivity index (χ3v) is 27.3. The number of aromatic amines is 4. The minimum Gasteiger partial charge on any atom is -0.493 e. The van der Waals surface area contributed by atoms with Gasteiger partial charge in [0.05, 0.1) is 130 Å². The van der Waals surface area contributed by atoms with Crippen LogP contribution in [0.15, 0.2) is 146 Å². The first kappa shape index (κ1) is 97.5. The number of benzene rings is 2. The second-order valence-electron chi connectivity index (χ2n) is 34.8. The van der Waals surface area contributed by atoms with E-state index in [-0.39, 0.29) is 74.1 Å². The minimum atomic E-state index is -1.18. The van der Waals surface area contributed by atoms with E-state index >= 15 is 0 Å². The number of allylic oxidation sites excluding steroid dienone is 12. The van der Waals surface area contributed by atoms with Gasteiger partial charge in [-0.2, -0.15) is 4.98 Å². The van der Waals surface area contributed by atoms with Crippen LogP contribution >= 0.6 is 0 Å². The number of para-hydroxylation sites is 2. The van der Waals surface area contributed by atoms with Crippen LogP contribution in [0.1, 0.15) is 143 Å². The molecular weight excluding hydrogens is 1780 g/mol. The van der Waals surface area contributed by atoms with E-state index in [4.69, 9.17) is 73.0 Å². The maximum absolute atomic E-state index is 13.7. The average Bonchev–Trinajstić information content (AvgIpc) is 1.57. The van der Waals surface area contributed by atoms with Crippen LogP contribution in [-0.4, -0.2) is 214 Å². The van der Waals surface area contributed by atoms with Gasteiger partial charge in [-0.05, 0) is 215 Å². The van der Waals surface area contributed by atoms with Gasteiger partial charge in [-0.3, -0.25) is 43.5 Å². The molecule has 8 aliphatic rings. The number of nitrogen functional groups attached to an aromatic ring is 1. The number of amides is 1. The van der Waals surface area contributed by atoms with Crippen molar-refractivity contribution in [2.24, 2.45) is 11.8 Å². The number of ether oxygens (including phenoxy) is 10. The lowest BCUT2D eigenvalue weighted by Crippen LogP contribution is -2.54. The van der Waals surface area contributed by atoms with Crippen molar-refractivity contribution in [3.63, 3.8) is 0 Å². The zero-order valence-electron chi connectivity index (χ0n) is 80.2. The molecule has 13 heterocycles. The summed E-state index contributed by atoms with van der Waals surface area (Å²) in [5.74, 6) is -4.16. The molecule has 17 rings (SSSR count). The number of nitrogens with two attached hydrogens (primary N) is 1. The van der Waals surface area contributed by atoms with Gasteiger partial charge < -0.3 is 93.1 Å². The first-order chi connectivity index (χ1) is 66.6. The molecule has 34 nitrogen and oxygen atoms in total. The highest BCUT2D eigenvalue weighted by Gasteiger charge is 2.56. The molecule has 16 bridgehead atoms. The largest absolute Gasteiger partial charge is 0.493 e. The number of nitrogens with zero attached hydrogens (tertiary/aromatic N) is 8. The fraction of sp³-hybridized carbons (Fsp3) is 0.324. The highest BCUT2D eigenvalue weighted by Crippen LogP contribution is 2.55. The Labute approximate surface area is 799 Å². The number of nitrogens with one attached hydrogen (secondary N) is 4. The van der Waals surface area contributed by atoms with Crippen molar-refractivity contribution in [3.05, 3.63) is 236 Å². The van der Waals surface area contributed by atoms with Crippen LogP contribution < -0.4 is 29.6 Å². The summed E-state index contributed by atoms with van der Waals surface area (Å²) in [6.45, 7) is 25.9. The number of piperazine rings is 1. The maximum Gasteiger partial charge on any atom is 0.334 e. The number of carbonyl (C=O) groups is 9. The third kappa shape index (κ3) is 18.5. The molecule has 720 valence electrons. The Morgan fingerprint density at radius 2 is 0.878 bits per heavy atom. The van der Waals surface area contributed by atoms with Crippen LogP contribution in [-0.2, 0) is 108 Å². The normalized spacial score (nSPS) is 17.7. The van der Waals surface area contributed by atoms with E-state index in [1.54, 1.807) is 73.8 Å². The number of hydrogen-bond acceptors (Lipinski definition) is 27. The highest BCUT2D eigenvalue weighted by atomic mass is 16.6. The Bertz CT molecular complexity index is 7250. The number of carboxylic acids is 2. The summed E-state index contributed by atoms with van der Waals surface area (Å²) >= 11 is 0. The van der Waals surface area contributed by atoms with Gasteiger partial charge in [-0.15, -0.1) is 0 Å². The van der Waals surface area contributed by atoms with Crippen LogP contribution in [0.2, 0.25) is 0 Å². The lowest BCUT2D eigenvalue weighted by molar-refractivity contribution is -0.149. The SMILES string of the molecule is C=CC1=C(C)c2cc3nc(cc4[nH]c(cc5[nH]c(cc1n2)c(C)c5CCC(=O)O)c(CCC(=O)OC)c4C)[C@@]1(C)C3=CC=C(C(=O)OC)[C@H]1C(=O)OC.C=CC1=C(C)c2cc3nc(cc4[nH]c(cc5[nH]c(cc1n2)c(C)c5CCC(=O)OC)c(CCC(=O)O)c4C)[C@@]1(C)C3=CC=C(C(=O)OC)[C@H]1C(=O)OC.COc1cc2nc(N3CCN(C(=O)C4COc5ccccc5O4)CC3)nc(N)c2cc1OC. The summed E-state index contributed by atoms with van der Waals surface area (Å²) in [5.41, 5.74) is 26.7. The van der Waals surface area contributed by atoms with E-state index in [0.717, 1.165) is 83.4 Å². The van der Waals surface area contributed by atoms with Crippen LogP contribution in [0.5, 0.6) is 23.0 Å². The standard InChI is InChI=1S/2C41H42N4O8.C23H25N5O5/c1-9-23-20(2)29-17-34-27-13-10-26(39(49)52-7)38(40(50)53-8)41(27,5)35(45-34)19-30-22(4)24(11-14-36(46)47)32(44-30)18-33-25(12-15-37(48)51-6)21(3)28(43-33)16-31(23)42-29;1-9-23-20(2)29-17-34-27-13-10-26(39(49)52-7)38(40(50)53-8)41(27,5)35(45-34)19-30-22(4)25(12-15-37(48)51-6)33(44-30)18-32-24(11-14-36(46)47)21(3)28(43-32)16-31(23)42-29;1-30-18-11-14-15(12-19(18)31-2)25-23(26-21(14)24)28-9-7-27(8-10-28)22(29)20-13-32-16-5-3-4-6-17(16)33-20/h2*9-10,13,16-19,38,43-44H,1,11-12,14-15H2,2-8H3,(H,46,47);3-6,11-12,20H,7-10,13H2,1-2H3,(H2,24,25,26)/t2*38-,41+;/m00./s1. The fourth-order valence-electron chi connectivity index (χ4n) is 19.5. The van der Waals surface area contributed by atoms with Crippen molar-refractivity contribution in [2.75, 3.05) is 100 Å². The molecule has 0 radical (unpaired) electrons. The minimum absolute atomic E-state index is 0.0715. The molecule has 1 fully saturated rings. The van der Waals surface area contributed by atoms with Crippen LogP contribution in [0, 0.1) is 39.5 Å². The van der Waals surface area contributed by atoms with Crippen molar-refractivity contribution in [1.29, 1.82) is 0 Å². The topological polar surface area (TPSA) is 459 Å². The summed E-state index contributed by atoms with van der Waals surface area (Å²) in [7, 11) is 10.9. The maximum atomic E-state index is 13.7. The van der Waals surface area contributed by atoms with E-state index in [1.165, 1.54) is 42.7 Å². The van der Waals surface area contributed by atoms with Gasteiger partial charge in [0.15, 0.2) is 23.0 Å². The Hall–Kier alpha value is -16.0. The Balaban J connectivity index is 0.000000162. The Morgan fingerprint density at radius 3 is 1.27 bits per heavy atom. The number of aliphatic carboxylic acids is 2. The summed E-state index contributed by atoms with van der Waals surface area (Å²) in [4.78, 5) is 162. The summed E-state index contributed by atoms with van der Waals surface area (Å²) in [6.07, 6.45) is 10.9. The molecule has 5 atom stereocenters. The lowest BCUT2D eigenvalue weighted by Gasteiger charge is -2.37. The molecule has 7 aromatic heterocycles. The number of carbonyl (C=O) groups excluding carboxylic acids is 7. The molecule has 1 amide bonds. The monoisotopic (exact) mass is 1890 g/mol. The number of fused-ring (bicyclic) bond motifs is 24. The number of esters is 6. The second-order valence-corrected chi connectivity index (χ2v) is 34.8. The zero-order chi connectivity index (χ0) is 99.7. The molecule has 0 spiro atoms. The lowest BCUT2D eigenvalue weighted by atomic mass is 9.64. The van der Waals surface area contributed by atoms with Gasteiger partial charge in [-0.1, -0.05) is 61.7 Å². The highest BCUT2D eigenvalue weighted by molar-refractivity contribution is 6.05. The first-order valence-corrected chi connectivity index (χ1v) is 45.1. The van der Waals surface area contributed by atoms with E-state index in [9.17, 15) is 53.4 Å². The van der Waals surface area contributed by atoms with Crippen LogP contribution in [0.25, 0.3) is 88.5 Å². The number of rotatable bonds is 22. The van der Waals surface area contributed by atoms with Crippen LogP contribution in [0.3, 0.4) is 0 Å². The summed E-state index contributed by atoms with van der Waals surface area (Å²) < 4.78 is 53.0. The number of H-pyrrole nitrogens is 4. The predicted molar refractivity (Wildman–Crippen MR) is 523 cm³/mol. The molecule has 2 aromatic carbocycles. The van der Waals surface area contributed by atoms with Crippen molar-refractivity contribution in [2.45, 2.75) is 124 Å². The van der Waals surface area contributed by atoms with E-state index < -0.39 is 64.6 Å². The van der Waals surface area contributed by atoms with Gasteiger partial charge in [0, 0.05) is 119 Å².